The van der Waals surface area contributed by atoms with Crippen molar-refractivity contribution in [2.24, 2.45) is 0 Å². The van der Waals surface area contributed by atoms with E-state index in [2.05, 4.69) is 4.74 Å². The van der Waals surface area contributed by atoms with E-state index in [0.717, 1.165) is 0 Å². The number of hydrogen-bond acceptors (Lipinski definition) is 3. The molecule has 82 valence electrons. The van der Waals surface area contributed by atoms with Crippen LogP contribution >= 0.6 is 11.6 Å². The van der Waals surface area contributed by atoms with Gasteiger partial charge in [0.15, 0.2) is 11.5 Å². The van der Waals surface area contributed by atoms with Crippen LogP contribution < -0.4 is 4.74 Å². The molecule has 0 unspecified atom stereocenters. The Morgan fingerprint density at radius 1 is 1.67 bits per heavy atom. The molecule has 0 heterocycles. The number of carbonyl (C=O) groups is 1. The first-order valence-corrected chi connectivity index (χ1v) is 4.67. The molecule has 1 aromatic carbocycles. The molecule has 0 spiro atoms. The zero-order chi connectivity index (χ0) is 11.4. The lowest BCUT2D eigenvalue weighted by atomic mass is 10.1. The first kappa shape index (κ1) is 11.8. The van der Waals surface area contributed by atoms with Gasteiger partial charge in [-0.15, -0.1) is 0 Å². The molecule has 3 nitrogen and oxygen atoms in total. The van der Waals surface area contributed by atoms with E-state index in [-0.39, 0.29) is 23.6 Å². The molecule has 1 N–H and O–H groups in total. The third kappa shape index (κ3) is 2.39. The number of rotatable bonds is 4. The van der Waals surface area contributed by atoms with Gasteiger partial charge in [0.05, 0.1) is 12.1 Å². The molecular formula is C10H10ClFO3. The van der Waals surface area contributed by atoms with Gasteiger partial charge >= 0.3 is 0 Å². The van der Waals surface area contributed by atoms with Crippen molar-refractivity contribution in [2.45, 2.75) is 12.8 Å². The molecule has 0 saturated carbocycles. The van der Waals surface area contributed by atoms with Crippen molar-refractivity contribution in [3.05, 3.63) is 22.5 Å². The Morgan fingerprint density at radius 2 is 2.33 bits per heavy atom. The van der Waals surface area contributed by atoms with Crippen LogP contribution in [0.3, 0.4) is 0 Å². The third-order valence-corrected chi connectivity index (χ3v) is 2.25. The number of halogens is 2. The van der Waals surface area contributed by atoms with Crippen molar-refractivity contribution < 1.29 is 19.0 Å². The predicted molar refractivity (Wildman–Crippen MR) is 54.0 cm³/mol. The smallest absolute Gasteiger partial charge is 0.208 e. The summed E-state index contributed by atoms with van der Waals surface area (Å²) < 4.78 is 18.1. The molecule has 0 bridgehead atoms. The summed E-state index contributed by atoms with van der Waals surface area (Å²) in [4.78, 5) is 10.1. The van der Waals surface area contributed by atoms with Crippen LogP contribution in [-0.2, 0) is 11.2 Å². The molecule has 0 aliphatic heterocycles. The van der Waals surface area contributed by atoms with Crippen LogP contribution in [0.25, 0.3) is 0 Å². The zero-order valence-electron chi connectivity index (χ0n) is 8.09. The van der Waals surface area contributed by atoms with Crippen molar-refractivity contribution in [1.82, 2.24) is 0 Å². The average molecular weight is 233 g/mol. The quantitative estimate of drug-likeness (QED) is 0.811. The molecule has 0 aliphatic rings. The van der Waals surface area contributed by atoms with Gasteiger partial charge in [-0.2, -0.15) is 4.39 Å². The molecule has 0 radical (unpaired) electrons. The number of aromatic hydroxyl groups is 1. The second-order valence-electron chi connectivity index (χ2n) is 2.92. The predicted octanol–water partition coefficient (Wildman–Crippen LogP) is 2.32. The van der Waals surface area contributed by atoms with Gasteiger partial charge < -0.3 is 14.6 Å². The van der Waals surface area contributed by atoms with E-state index < -0.39 is 11.6 Å². The number of ether oxygens (including phenoxy) is 1. The fourth-order valence-electron chi connectivity index (χ4n) is 1.23. The van der Waals surface area contributed by atoms with E-state index in [4.69, 9.17) is 11.6 Å². The maximum atomic E-state index is 13.4. The molecule has 0 aromatic heterocycles. The Hall–Kier alpha value is -1.29. The number of carbonyl (C=O) groups excluding carboxylic acids is 1. The summed E-state index contributed by atoms with van der Waals surface area (Å²) in [5.74, 6) is -1.60. The van der Waals surface area contributed by atoms with Gasteiger partial charge in [-0.1, -0.05) is 11.6 Å². The van der Waals surface area contributed by atoms with Crippen molar-refractivity contribution in [3.63, 3.8) is 0 Å². The van der Waals surface area contributed by atoms with Crippen molar-refractivity contribution in [3.8, 4) is 11.5 Å². The van der Waals surface area contributed by atoms with Crippen LogP contribution in [0, 0.1) is 5.82 Å². The van der Waals surface area contributed by atoms with E-state index in [0.29, 0.717) is 11.8 Å². The van der Waals surface area contributed by atoms with E-state index in [1.165, 1.54) is 13.2 Å². The van der Waals surface area contributed by atoms with Gasteiger partial charge in [0.1, 0.15) is 6.29 Å². The molecule has 15 heavy (non-hydrogen) atoms. The maximum absolute atomic E-state index is 13.4. The summed E-state index contributed by atoms with van der Waals surface area (Å²) >= 11 is 5.72. The Balaban J connectivity index is 3.15. The minimum absolute atomic E-state index is 0.0775. The van der Waals surface area contributed by atoms with Gasteiger partial charge in [-0.3, -0.25) is 0 Å². The summed E-state index contributed by atoms with van der Waals surface area (Å²) in [6, 6.07) is 1.39. The SMILES string of the molecule is COc1c(Cl)cc(CCC=O)c(O)c1F. The number of phenolic OH excluding ortho intramolecular Hbond substituents is 1. The summed E-state index contributed by atoms with van der Waals surface area (Å²) in [7, 11) is 1.26. The molecule has 0 amide bonds. The lowest BCUT2D eigenvalue weighted by Crippen LogP contribution is -1.95. The highest BCUT2D eigenvalue weighted by Crippen LogP contribution is 2.36. The van der Waals surface area contributed by atoms with Crippen LogP contribution in [0.4, 0.5) is 4.39 Å². The number of aldehydes is 1. The number of methoxy groups -OCH3 is 1. The van der Waals surface area contributed by atoms with Crippen LogP contribution in [0.5, 0.6) is 11.5 Å². The van der Waals surface area contributed by atoms with E-state index in [1.54, 1.807) is 0 Å². The Morgan fingerprint density at radius 3 is 2.87 bits per heavy atom. The molecule has 0 saturated heterocycles. The van der Waals surface area contributed by atoms with Gasteiger partial charge in [0, 0.05) is 6.42 Å². The maximum Gasteiger partial charge on any atom is 0.208 e. The summed E-state index contributed by atoms with van der Waals surface area (Å²) in [5, 5.41) is 9.51. The Bertz CT molecular complexity index is 379. The number of aryl methyl sites for hydroxylation is 1. The van der Waals surface area contributed by atoms with Crippen LogP contribution in [0.1, 0.15) is 12.0 Å². The van der Waals surface area contributed by atoms with Gasteiger partial charge in [-0.25, -0.2) is 0 Å². The molecule has 1 rings (SSSR count). The van der Waals surface area contributed by atoms with Crippen LogP contribution in [0.15, 0.2) is 6.07 Å². The second kappa shape index (κ2) is 4.98. The lowest BCUT2D eigenvalue weighted by Gasteiger charge is -2.09. The number of hydrogen-bond donors (Lipinski definition) is 1. The van der Waals surface area contributed by atoms with Gasteiger partial charge in [0.2, 0.25) is 5.82 Å². The Kier molecular flexibility index (Phi) is 3.91. The standard InChI is InChI=1S/C10H10ClFO3/c1-15-10-7(11)5-6(3-2-4-13)9(14)8(10)12/h4-5,14H,2-3H2,1H3. The van der Waals surface area contributed by atoms with Crippen molar-refractivity contribution in [2.75, 3.05) is 7.11 Å². The normalized spacial score (nSPS) is 10.1. The largest absolute Gasteiger partial charge is 0.505 e. The van der Waals surface area contributed by atoms with E-state index in [9.17, 15) is 14.3 Å². The molecule has 0 fully saturated rings. The first-order valence-electron chi connectivity index (χ1n) is 4.29. The van der Waals surface area contributed by atoms with Crippen molar-refractivity contribution >= 4 is 17.9 Å². The lowest BCUT2D eigenvalue weighted by molar-refractivity contribution is -0.107. The molecular weight excluding hydrogens is 223 g/mol. The fraction of sp³-hybridized carbons (Fsp3) is 0.300. The Labute approximate surface area is 91.4 Å². The van der Waals surface area contributed by atoms with Crippen molar-refractivity contribution in [1.29, 1.82) is 0 Å². The number of benzene rings is 1. The molecule has 0 atom stereocenters. The van der Waals surface area contributed by atoms with Gasteiger partial charge in [0.25, 0.3) is 0 Å². The average Bonchev–Trinajstić information content (AvgIpc) is 2.22. The monoisotopic (exact) mass is 232 g/mol. The van der Waals surface area contributed by atoms with E-state index in [1.807, 2.05) is 0 Å². The minimum atomic E-state index is -0.897. The molecule has 1 aromatic rings. The summed E-state index contributed by atoms with van der Waals surface area (Å²) in [5.41, 5.74) is 0.297. The highest BCUT2D eigenvalue weighted by molar-refractivity contribution is 6.32. The number of phenols is 1. The molecule has 5 heteroatoms. The summed E-state index contributed by atoms with van der Waals surface area (Å²) in [6.07, 6.45) is 1.14. The zero-order valence-corrected chi connectivity index (χ0v) is 8.84. The van der Waals surface area contributed by atoms with Crippen LogP contribution in [-0.4, -0.2) is 18.5 Å². The highest BCUT2D eigenvalue weighted by atomic mass is 35.5. The highest BCUT2D eigenvalue weighted by Gasteiger charge is 2.17. The third-order valence-electron chi connectivity index (χ3n) is 1.96. The molecule has 0 aliphatic carbocycles. The minimum Gasteiger partial charge on any atom is -0.505 e. The van der Waals surface area contributed by atoms with E-state index >= 15 is 0 Å². The van der Waals surface area contributed by atoms with Crippen LogP contribution in [0.2, 0.25) is 5.02 Å². The second-order valence-corrected chi connectivity index (χ2v) is 3.33. The fourth-order valence-corrected chi connectivity index (χ4v) is 1.52. The van der Waals surface area contributed by atoms with Gasteiger partial charge in [-0.05, 0) is 18.1 Å². The first-order chi connectivity index (χ1) is 7.11. The summed E-state index contributed by atoms with van der Waals surface area (Å²) in [6.45, 7) is 0. The topological polar surface area (TPSA) is 46.5 Å².